The van der Waals surface area contributed by atoms with Crippen molar-refractivity contribution in [1.29, 1.82) is 0 Å². The standard InChI is InChI=1S/C12H17F3O/c1-2-3-4-7-11(16)8-5-6-10(9-11)12(13,14)15/h10,16H,4-9H2,1H3. The monoisotopic (exact) mass is 234 g/mol. The lowest BCUT2D eigenvalue weighted by atomic mass is 9.75. The van der Waals surface area contributed by atoms with Crippen molar-refractivity contribution < 1.29 is 18.3 Å². The number of halogens is 3. The van der Waals surface area contributed by atoms with Gasteiger partial charge in [-0.25, -0.2) is 0 Å². The van der Waals surface area contributed by atoms with E-state index in [4.69, 9.17) is 0 Å². The van der Waals surface area contributed by atoms with Gasteiger partial charge in [-0.3, -0.25) is 0 Å². The highest BCUT2D eigenvalue weighted by atomic mass is 19.4. The molecule has 92 valence electrons. The quantitative estimate of drug-likeness (QED) is 0.727. The minimum absolute atomic E-state index is 0.144. The highest BCUT2D eigenvalue weighted by Crippen LogP contribution is 2.43. The second kappa shape index (κ2) is 5.09. The Balaban J connectivity index is 2.56. The maximum atomic E-state index is 12.5. The Morgan fingerprint density at radius 2 is 2.12 bits per heavy atom. The van der Waals surface area contributed by atoms with E-state index in [-0.39, 0.29) is 12.8 Å². The summed E-state index contributed by atoms with van der Waals surface area (Å²) in [5, 5.41) is 10.1. The molecule has 1 nitrogen and oxygen atoms in total. The van der Waals surface area contributed by atoms with E-state index >= 15 is 0 Å². The van der Waals surface area contributed by atoms with Gasteiger partial charge in [-0.15, -0.1) is 11.8 Å². The Morgan fingerprint density at radius 3 is 2.69 bits per heavy atom. The molecule has 0 radical (unpaired) electrons. The molecule has 1 rings (SSSR count). The zero-order valence-electron chi connectivity index (χ0n) is 9.40. The van der Waals surface area contributed by atoms with Crippen LogP contribution in [0.2, 0.25) is 0 Å². The smallest absolute Gasteiger partial charge is 0.390 e. The van der Waals surface area contributed by atoms with Crippen LogP contribution >= 0.6 is 0 Å². The van der Waals surface area contributed by atoms with E-state index in [9.17, 15) is 18.3 Å². The number of aliphatic hydroxyl groups is 1. The van der Waals surface area contributed by atoms with Crippen molar-refractivity contribution in [2.75, 3.05) is 0 Å². The van der Waals surface area contributed by atoms with Gasteiger partial charge in [0.25, 0.3) is 0 Å². The lowest BCUT2D eigenvalue weighted by Crippen LogP contribution is -2.40. The predicted octanol–water partition coefficient (Wildman–Crippen LogP) is 3.27. The van der Waals surface area contributed by atoms with Gasteiger partial charge in [0.05, 0.1) is 11.5 Å². The molecule has 0 aromatic rings. The fraction of sp³-hybridized carbons (Fsp3) is 0.833. The molecule has 1 aliphatic carbocycles. The van der Waals surface area contributed by atoms with Crippen molar-refractivity contribution in [1.82, 2.24) is 0 Å². The zero-order chi connectivity index (χ0) is 12.2. The first kappa shape index (κ1) is 13.4. The highest BCUT2D eigenvalue weighted by molar-refractivity contribution is 4.98. The van der Waals surface area contributed by atoms with E-state index in [2.05, 4.69) is 11.8 Å². The normalized spacial score (nSPS) is 30.7. The Labute approximate surface area is 94.0 Å². The summed E-state index contributed by atoms with van der Waals surface area (Å²) in [6.45, 7) is 1.68. The van der Waals surface area contributed by atoms with Crippen molar-refractivity contribution in [3.8, 4) is 11.8 Å². The molecule has 0 aromatic carbocycles. The summed E-state index contributed by atoms with van der Waals surface area (Å²) in [5.74, 6) is 4.12. The van der Waals surface area contributed by atoms with Gasteiger partial charge in [0.15, 0.2) is 0 Å². The van der Waals surface area contributed by atoms with Crippen molar-refractivity contribution in [2.45, 2.75) is 57.2 Å². The second-order valence-corrected chi connectivity index (χ2v) is 4.49. The first-order valence-electron chi connectivity index (χ1n) is 5.56. The molecule has 0 aliphatic heterocycles. The van der Waals surface area contributed by atoms with E-state index in [0.717, 1.165) is 0 Å². The molecule has 0 aromatic heterocycles. The summed E-state index contributed by atoms with van der Waals surface area (Å²) >= 11 is 0. The van der Waals surface area contributed by atoms with Crippen LogP contribution in [-0.4, -0.2) is 16.9 Å². The van der Waals surface area contributed by atoms with Crippen LogP contribution in [0, 0.1) is 17.8 Å². The first-order chi connectivity index (χ1) is 7.37. The van der Waals surface area contributed by atoms with Gasteiger partial charge < -0.3 is 5.11 Å². The van der Waals surface area contributed by atoms with E-state index in [1.54, 1.807) is 6.92 Å². The average Bonchev–Trinajstić information content (AvgIpc) is 2.16. The van der Waals surface area contributed by atoms with Crippen molar-refractivity contribution in [3.63, 3.8) is 0 Å². The molecular weight excluding hydrogens is 217 g/mol. The molecule has 0 amide bonds. The third-order valence-corrected chi connectivity index (χ3v) is 3.18. The Kier molecular flexibility index (Phi) is 4.26. The van der Waals surface area contributed by atoms with Gasteiger partial charge in [0.1, 0.15) is 0 Å². The van der Waals surface area contributed by atoms with Crippen LogP contribution in [0.15, 0.2) is 0 Å². The summed E-state index contributed by atoms with van der Waals surface area (Å²) in [4.78, 5) is 0. The minimum atomic E-state index is -4.18. The summed E-state index contributed by atoms with van der Waals surface area (Å²) in [6.07, 6.45) is -2.47. The average molecular weight is 234 g/mol. The van der Waals surface area contributed by atoms with E-state index < -0.39 is 17.7 Å². The van der Waals surface area contributed by atoms with Crippen LogP contribution in [0.5, 0.6) is 0 Å². The van der Waals surface area contributed by atoms with Crippen molar-refractivity contribution in [2.24, 2.45) is 5.92 Å². The Morgan fingerprint density at radius 1 is 1.44 bits per heavy atom. The Bertz CT molecular complexity index is 287. The van der Waals surface area contributed by atoms with Gasteiger partial charge in [-0.1, -0.05) is 0 Å². The molecule has 0 spiro atoms. The molecule has 16 heavy (non-hydrogen) atoms. The Hall–Kier alpha value is -0.690. The largest absolute Gasteiger partial charge is 0.391 e. The lowest BCUT2D eigenvalue weighted by Gasteiger charge is -2.37. The molecule has 4 heteroatoms. The summed E-state index contributed by atoms with van der Waals surface area (Å²) < 4.78 is 37.6. The van der Waals surface area contributed by atoms with E-state index in [0.29, 0.717) is 25.7 Å². The molecule has 1 fully saturated rings. The van der Waals surface area contributed by atoms with Gasteiger partial charge in [-0.2, -0.15) is 13.2 Å². The van der Waals surface area contributed by atoms with Crippen LogP contribution in [0.25, 0.3) is 0 Å². The maximum absolute atomic E-state index is 12.5. The topological polar surface area (TPSA) is 20.2 Å². The van der Waals surface area contributed by atoms with Gasteiger partial charge in [0.2, 0.25) is 0 Å². The van der Waals surface area contributed by atoms with Crippen molar-refractivity contribution in [3.05, 3.63) is 0 Å². The van der Waals surface area contributed by atoms with Gasteiger partial charge in [-0.05, 0) is 39.0 Å². The molecule has 0 bridgehead atoms. The number of hydrogen-bond acceptors (Lipinski definition) is 1. The summed E-state index contributed by atoms with van der Waals surface area (Å²) in [6, 6.07) is 0. The first-order valence-corrected chi connectivity index (χ1v) is 5.56. The minimum Gasteiger partial charge on any atom is -0.390 e. The fourth-order valence-electron chi connectivity index (χ4n) is 2.27. The summed E-state index contributed by atoms with van der Waals surface area (Å²) in [7, 11) is 0. The second-order valence-electron chi connectivity index (χ2n) is 4.49. The summed E-state index contributed by atoms with van der Waals surface area (Å²) in [5.41, 5.74) is -1.16. The van der Waals surface area contributed by atoms with E-state index in [1.165, 1.54) is 0 Å². The van der Waals surface area contributed by atoms with Crippen LogP contribution < -0.4 is 0 Å². The molecule has 2 atom stereocenters. The number of hydrogen-bond donors (Lipinski definition) is 1. The third-order valence-electron chi connectivity index (χ3n) is 3.18. The van der Waals surface area contributed by atoms with Crippen LogP contribution in [0.3, 0.4) is 0 Å². The molecule has 2 unspecified atom stereocenters. The van der Waals surface area contributed by atoms with Crippen LogP contribution in [0.1, 0.15) is 45.4 Å². The molecule has 1 N–H and O–H groups in total. The molecule has 1 saturated carbocycles. The van der Waals surface area contributed by atoms with Crippen LogP contribution in [0.4, 0.5) is 13.2 Å². The van der Waals surface area contributed by atoms with Crippen molar-refractivity contribution >= 4 is 0 Å². The maximum Gasteiger partial charge on any atom is 0.391 e. The molecule has 1 aliphatic rings. The zero-order valence-corrected chi connectivity index (χ0v) is 9.40. The van der Waals surface area contributed by atoms with E-state index in [1.807, 2.05) is 0 Å². The highest BCUT2D eigenvalue weighted by Gasteiger charge is 2.46. The third kappa shape index (κ3) is 3.71. The SMILES string of the molecule is CC#CCCC1(O)CCCC(C(F)(F)F)C1. The molecule has 0 heterocycles. The lowest BCUT2D eigenvalue weighted by molar-refractivity contribution is -0.201. The molecule has 0 saturated heterocycles. The molecular formula is C12H17F3O. The fourth-order valence-corrected chi connectivity index (χ4v) is 2.27. The number of alkyl halides is 3. The van der Waals surface area contributed by atoms with Gasteiger partial charge >= 0.3 is 6.18 Å². The predicted molar refractivity (Wildman–Crippen MR) is 55.6 cm³/mol. The van der Waals surface area contributed by atoms with Crippen LogP contribution in [-0.2, 0) is 0 Å². The number of rotatable bonds is 2. The van der Waals surface area contributed by atoms with Gasteiger partial charge in [0, 0.05) is 6.42 Å².